The summed E-state index contributed by atoms with van der Waals surface area (Å²) in [5.74, 6) is -0.664. The zero-order chi connectivity index (χ0) is 22.1. The maximum atomic E-state index is 13.5. The highest BCUT2D eigenvalue weighted by molar-refractivity contribution is 6.29. The van der Waals surface area contributed by atoms with E-state index in [2.05, 4.69) is 15.3 Å². The van der Waals surface area contributed by atoms with Crippen LogP contribution in [0, 0.1) is 0 Å². The monoisotopic (exact) mass is 446 g/mol. The molecule has 30 heavy (non-hydrogen) atoms. The molecule has 7 nitrogen and oxygen atoms in total. The van der Waals surface area contributed by atoms with Crippen molar-refractivity contribution in [1.82, 2.24) is 20.2 Å². The van der Waals surface area contributed by atoms with Crippen LogP contribution in [0.2, 0.25) is 5.15 Å². The number of aromatic nitrogens is 2. The SMILES string of the molecule is O=C(NCc1cc(Cl)nc(-c2ccc(C(F)(F)F)nc2)c1)[C@@H]1C[C@@H](F)CN1C(=O)O. The Morgan fingerprint density at radius 1 is 1.30 bits per heavy atom. The summed E-state index contributed by atoms with van der Waals surface area (Å²) >= 11 is 5.97. The Labute approximate surface area is 172 Å². The standard InChI is InChI=1S/C18H15ClF4N4O3/c19-15-4-9(6-25-16(28)13-5-11(20)8-27(13)17(29)30)3-12(26-15)10-1-2-14(24-7-10)18(21,22)23/h1-4,7,11,13H,5-6,8H2,(H,25,28)(H,29,30)/t11-,13+/m1/s1. The van der Waals surface area contributed by atoms with Crippen molar-refractivity contribution in [3.05, 3.63) is 46.9 Å². The van der Waals surface area contributed by atoms with Crippen LogP contribution in [0.15, 0.2) is 30.5 Å². The van der Waals surface area contributed by atoms with Crippen LogP contribution in [0.1, 0.15) is 17.7 Å². The van der Waals surface area contributed by atoms with Gasteiger partial charge in [-0.2, -0.15) is 13.2 Å². The molecule has 2 aromatic heterocycles. The minimum absolute atomic E-state index is 0.0356. The number of hydrogen-bond acceptors (Lipinski definition) is 4. The van der Waals surface area contributed by atoms with E-state index in [4.69, 9.17) is 16.7 Å². The molecule has 0 unspecified atom stereocenters. The zero-order valence-corrected chi connectivity index (χ0v) is 15.9. The summed E-state index contributed by atoms with van der Waals surface area (Å²) in [7, 11) is 0. The Bertz CT molecular complexity index is 955. The number of pyridine rings is 2. The lowest BCUT2D eigenvalue weighted by Gasteiger charge is -2.20. The van der Waals surface area contributed by atoms with Gasteiger partial charge in [0, 0.05) is 24.7 Å². The van der Waals surface area contributed by atoms with E-state index in [1.54, 1.807) is 0 Å². The second-order valence-electron chi connectivity index (χ2n) is 6.61. The predicted octanol–water partition coefficient (Wildman–Crippen LogP) is 3.52. The van der Waals surface area contributed by atoms with Crippen LogP contribution in [-0.2, 0) is 17.5 Å². The molecule has 2 amide bonds. The van der Waals surface area contributed by atoms with E-state index in [0.29, 0.717) is 5.56 Å². The van der Waals surface area contributed by atoms with Gasteiger partial charge in [0.2, 0.25) is 5.91 Å². The fraction of sp³-hybridized carbons (Fsp3) is 0.333. The van der Waals surface area contributed by atoms with E-state index < -0.39 is 36.1 Å². The van der Waals surface area contributed by atoms with Crippen LogP contribution in [0.25, 0.3) is 11.3 Å². The van der Waals surface area contributed by atoms with E-state index >= 15 is 0 Å². The van der Waals surface area contributed by atoms with Gasteiger partial charge in [-0.05, 0) is 29.8 Å². The molecule has 160 valence electrons. The molecule has 0 aliphatic carbocycles. The van der Waals surface area contributed by atoms with Gasteiger partial charge in [0.15, 0.2) is 0 Å². The maximum absolute atomic E-state index is 13.5. The maximum Gasteiger partial charge on any atom is 0.433 e. The van der Waals surface area contributed by atoms with Crippen LogP contribution in [0.4, 0.5) is 22.4 Å². The fourth-order valence-corrected chi connectivity index (χ4v) is 3.30. The number of carbonyl (C=O) groups is 2. The molecule has 0 aromatic carbocycles. The highest BCUT2D eigenvalue weighted by Gasteiger charge is 2.39. The summed E-state index contributed by atoms with van der Waals surface area (Å²) in [4.78, 5) is 31.6. The lowest BCUT2D eigenvalue weighted by atomic mass is 10.1. The van der Waals surface area contributed by atoms with Gasteiger partial charge < -0.3 is 10.4 Å². The summed E-state index contributed by atoms with van der Waals surface area (Å²) in [5.41, 5.74) is -0.0579. The Hall–Kier alpha value is -2.95. The van der Waals surface area contributed by atoms with Gasteiger partial charge >= 0.3 is 12.3 Å². The molecule has 2 atom stereocenters. The van der Waals surface area contributed by atoms with Crippen molar-refractivity contribution < 1.29 is 32.3 Å². The number of hydrogen-bond donors (Lipinski definition) is 2. The Morgan fingerprint density at radius 2 is 2.03 bits per heavy atom. The Kier molecular flexibility index (Phi) is 6.11. The minimum atomic E-state index is -4.57. The van der Waals surface area contributed by atoms with Crippen LogP contribution < -0.4 is 5.32 Å². The van der Waals surface area contributed by atoms with E-state index in [1.807, 2.05) is 0 Å². The van der Waals surface area contributed by atoms with Crippen LogP contribution in [0.3, 0.4) is 0 Å². The first-order valence-corrected chi connectivity index (χ1v) is 9.04. The van der Waals surface area contributed by atoms with Crippen molar-refractivity contribution in [1.29, 1.82) is 0 Å². The summed E-state index contributed by atoms with van der Waals surface area (Å²) in [5, 5.41) is 11.6. The summed E-state index contributed by atoms with van der Waals surface area (Å²) in [6.07, 6.45) is -6.62. The molecule has 2 aromatic rings. The molecule has 1 aliphatic heterocycles. The number of carbonyl (C=O) groups excluding carboxylic acids is 1. The molecule has 1 saturated heterocycles. The second kappa shape index (κ2) is 8.42. The normalized spacial score (nSPS) is 19.0. The number of nitrogens with one attached hydrogen (secondary N) is 1. The largest absolute Gasteiger partial charge is 0.465 e. The van der Waals surface area contributed by atoms with Gasteiger partial charge in [0.05, 0.1) is 12.2 Å². The van der Waals surface area contributed by atoms with E-state index in [0.717, 1.165) is 17.2 Å². The molecule has 1 fully saturated rings. The molecular weight excluding hydrogens is 432 g/mol. The topological polar surface area (TPSA) is 95.4 Å². The fourth-order valence-electron chi connectivity index (χ4n) is 3.06. The Morgan fingerprint density at radius 3 is 2.63 bits per heavy atom. The van der Waals surface area contributed by atoms with Gasteiger partial charge in [-0.1, -0.05) is 11.6 Å². The predicted molar refractivity (Wildman–Crippen MR) is 97.4 cm³/mol. The average Bonchev–Trinajstić information content (AvgIpc) is 3.07. The zero-order valence-electron chi connectivity index (χ0n) is 15.2. The van der Waals surface area contributed by atoms with E-state index in [-0.39, 0.29) is 35.9 Å². The minimum Gasteiger partial charge on any atom is -0.465 e. The molecule has 3 heterocycles. The molecule has 12 heteroatoms. The number of carboxylic acid groups (broad SMARTS) is 1. The van der Waals surface area contributed by atoms with Gasteiger partial charge in [0.25, 0.3) is 0 Å². The number of alkyl halides is 4. The van der Waals surface area contributed by atoms with Gasteiger partial charge in [-0.25, -0.2) is 14.2 Å². The quantitative estimate of drug-likeness (QED) is 0.553. The number of halogens is 5. The molecule has 0 bridgehead atoms. The highest BCUT2D eigenvalue weighted by atomic mass is 35.5. The van der Waals surface area contributed by atoms with Crippen LogP contribution in [0.5, 0.6) is 0 Å². The lowest BCUT2D eigenvalue weighted by molar-refractivity contribution is -0.141. The third kappa shape index (κ3) is 4.96. The van der Waals surface area contributed by atoms with Gasteiger partial charge in [-0.15, -0.1) is 0 Å². The van der Waals surface area contributed by atoms with Crippen molar-refractivity contribution in [2.24, 2.45) is 0 Å². The van der Waals surface area contributed by atoms with Gasteiger partial charge in [-0.3, -0.25) is 14.7 Å². The van der Waals surface area contributed by atoms with E-state index in [9.17, 15) is 27.2 Å². The number of rotatable bonds is 4. The molecule has 0 spiro atoms. The number of likely N-dealkylation sites (tertiary alicyclic amines) is 1. The molecule has 0 saturated carbocycles. The molecule has 2 N–H and O–H groups in total. The van der Waals surface area contributed by atoms with Crippen molar-refractivity contribution >= 4 is 23.6 Å². The average molecular weight is 447 g/mol. The smallest absolute Gasteiger partial charge is 0.433 e. The summed E-state index contributed by atoms with van der Waals surface area (Å²) in [6, 6.07) is 3.80. The third-order valence-electron chi connectivity index (χ3n) is 4.47. The number of nitrogens with zero attached hydrogens (tertiary/aromatic N) is 3. The molecule has 0 radical (unpaired) electrons. The summed E-state index contributed by atoms with van der Waals surface area (Å²) in [6.45, 7) is -0.442. The van der Waals surface area contributed by atoms with Crippen molar-refractivity contribution in [2.75, 3.05) is 6.54 Å². The Balaban J connectivity index is 1.73. The first-order chi connectivity index (χ1) is 14.0. The van der Waals surface area contributed by atoms with E-state index in [1.165, 1.54) is 18.2 Å². The second-order valence-corrected chi connectivity index (χ2v) is 7.00. The first-order valence-electron chi connectivity index (χ1n) is 8.66. The van der Waals surface area contributed by atoms with Crippen molar-refractivity contribution in [3.63, 3.8) is 0 Å². The first kappa shape index (κ1) is 21.8. The van der Waals surface area contributed by atoms with Crippen molar-refractivity contribution in [2.45, 2.75) is 31.4 Å². The molecule has 1 aliphatic rings. The van der Waals surface area contributed by atoms with Crippen LogP contribution >= 0.6 is 11.6 Å². The lowest BCUT2D eigenvalue weighted by Crippen LogP contribution is -2.45. The molecule has 3 rings (SSSR count). The van der Waals surface area contributed by atoms with Gasteiger partial charge in [0.1, 0.15) is 23.1 Å². The van der Waals surface area contributed by atoms with Crippen LogP contribution in [-0.4, -0.2) is 50.7 Å². The highest BCUT2D eigenvalue weighted by Crippen LogP contribution is 2.29. The van der Waals surface area contributed by atoms with Crippen molar-refractivity contribution in [3.8, 4) is 11.3 Å². The third-order valence-corrected chi connectivity index (χ3v) is 4.66. The summed E-state index contributed by atoms with van der Waals surface area (Å²) < 4.78 is 51.5. The molecular formula is C18H15ClF4N4O3. The number of amides is 2.